The molecule has 0 amide bonds. The summed E-state index contributed by atoms with van der Waals surface area (Å²) in [5, 5.41) is 7.49. The molecule has 2 atom stereocenters. The third-order valence-corrected chi connectivity index (χ3v) is 4.39. The van der Waals surface area contributed by atoms with E-state index in [2.05, 4.69) is 11.8 Å². The largest absolute Gasteiger partial charge is 0.387 e. The van der Waals surface area contributed by atoms with Crippen LogP contribution in [-0.2, 0) is 0 Å². The van der Waals surface area contributed by atoms with E-state index >= 15 is 0 Å². The van der Waals surface area contributed by atoms with E-state index in [1.54, 1.807) is 0 Å². The fourth-order valence-corrected chi connectivity index (χ4v) is 3.31. The van der Waals surface area contributed by atoms with Gasteiger partial charge in [-0.05, 0) is 44.7 Å². The Balaban J connectivity index is 1.81. The Morgan fingerprint density at radius 1 is 1.19 bits per heavy atom. The maximum atomic E-state index is 7.49. The summed E-state index contributed by atoms with van der Waals surface area (Å²) in [7, 11) is 0. The highest BCUT2D eigenvalue weighted by atomic mass is 15.2. The van der Waals surface area contributed by atoms with Gasteiger partial charge >= 0.3 is 0 Å². The van der Waals surface area contributed by atoms with Gasteiger partial charge in [-0.25, -0.2) is 0 Å². The molecule has 2 aliphatic rings. The Hall–Kier alpha value is -0.570. The molecule has 3 heteroatoms. The lowest BCUT2D eigenvalue weighted by molar-refractivity contribution is 0.104. The van der Waals surface area contributed by atoms with Crippen LogP contribution in [0.25, 0.3) is 0 Å². The van der Waals surface area contributed by atoms with Crippen LogP contribution in [0.4, 0.5) is 0 Å². The van der Waals surface area contributed by atoms with Gasteiger partial charge < -0.3 is 10.6 Å². The van der Waals surface area contributed by atoms with E-state index < -0.39 is 0 Å². The lowest BCUT2D eigenvalue weighted by Crippen LogP contribution is -2.45. The van der Waals surface area contributed by atoms with Gasteiger partial charge in [0.2, 0.25) is 0 Å². The van der Waals surface area contributed by atoms with Crippen LogP contribution in [0.3, 0.4) is 0 Å². The first-order valence-corrected chi connectivity index (χ1v) is 6.74. The number of nitrogens with zero attached hydrogens (tertiary/aromatic N) is 1. The minimum absolute atomic E-state index is 0.359. The smallest absolute Gasteiger partial charge is 0.0937 e. The molecule has 1 heterocycles. The predicted octanol–water partition coefficient (Wildman–Crippen LogP) is 2.21. The van der Waals surface area contributed by atoms with E-state index in [0.29, 0.717) is 11.8 Å². The van der Waals surface area contributed by atoms with Crippen molar-refractivity contribution in [3.63, 3.8) is 0 Å². The van der Waals surface area contributed by atoms with Gasteiger partial charge in [-0.15, -0.1) is 0 Å². The Labute approximate surface area is 98.9 Å². The number of amidine groups is 1. The van der Waals surface area contributed by atoms with Crippen LogP contribution >= 0.6 is 0 Å². The number of nitrogens with one attached hydrogen (secondary N) is 1. The number of rotatable bonds is 2. The van der Waals surface area contributed by atoms with Crippen LogP contribution in [0.5, 0.6) is 0 Å². The van der Waals surface area contributed by atoms with Crippen LogP contribution < -0.4 is 5.73 Å². The zero-order chi connectivity index (χ0) is 11.5. The van der Waals surface area contributed by atoms with Gasteiger partial charge in [-0.2, -0.15) is 0 Å². The van der Waals surface area contributed by atoms with Gasteiger partial charge in [0.15, 0.2) is 0 Å². The molecule has 1 saturated heterocycles. The summed E-state index contributed by atoms with van der Waals surface area (Å²) in [6.07, 6.45) is 7.78. The molecule has 3 N–H and O–H groups in total. The maximum Gasteiger partial charge on any atom is 0.0937 e. The van der Waals surface area contributed by atoms with Gasteiger partial charge in [0.05, 0.1) is 5.84 Å². The second-order valence-electron chi connectivity index (χ2n) is 5.69. The molecule has 92 valence electrons. The van der Waals surface area contributed by atoms with E-state index in [1.807, 2.05) is 0 Å². The first-order chi connectivity index (χ1) is 7.66. The summed E-state index contributed by atoms with van der Waals surface area (Å²) in [6.45, 7) is 4.69. The molecule has 1 saturated carbocycles. The Morgan fingerprint density at radius 2 is 1.88 bits per heavy atom. The molecular weight excluding hydrogens is 198 g/mol. The second kappa shape index (κ2) is 5.17. The van der Waals surface area contributed by atoms with Crippen LogP contribution in [0.2, 0.25) is 0 Å². The number of likely N-dealkylation sites (tertiary alicyclic amines) is 1. The third-order valence-electron chi connectivity index (χ3n) is 4.39. The quantitative estimate of drug-likeness (QED) is 0.557. The average molecular weight is 223 g/mol. The van der Waals surface area contributed by atoms with E-state index in [4.69, 9.17) is 11.1 Å². The lowest BCUT2D eigenvalue weighted by Gasteiger charge is -2.40. The summed E-state index contributed by atoms with van der Waals surface area (Å²) in [4.78, 5) is 2.65. The molecule has 1 aliphatic heterocycles. The summed E-state index contributed by atoms with van der Waals surface area (Å²) in [6, 6.07) is 0.816. The van der Waals surface area contributed by atoms with Gasteiger partial charge in [0, 0.05) is 12.0 Å². The third kappa shape index (κ3) is 2.76. The van der Waals surface area contributed by atoms with Gasteiger partial charge in [0.1, 0.15) is 0 Å². The molecule has 0 aromatic rings. The highest BCUT2D eigenvalue weighted by Gasteiger charge is 2.28. The maximum absolute atomic E-state index is 7.49. The molecule has 2 unspecified atom stereocenters. The monoisotopic (exact) mass is 223 g/mol. The summed E-state index contributed by atoms with van der Waals surface area (Å²) >= 11 is 0. The van der Waals surface area contributed by atoms with Crippen LogP contribution in [0.1, 0.15) is 45.4 Å². The van der Waals surface area contributed by atoms with E-state index in [1.165, 1.54) is 25.7 Å². The first kappa shape index (κ1) is 11.9. The molecule has 1 aliphatic carbocycles. The minimum Gasteiger partial charge on any atom is -0.387 e. The van der Waals surface area contributed by atoms with Crippen molar-refractivity contribution >= 4 is 5.84 Å². The van der Waals surface area contributed by atoms with Crippen molar-refractivity contribution in [2.75, 3.05) is 13.1 Å². The molecule has 0 radical (unpaired) electrons. The predicted molar refractivity (Wildman–Crippen MR) is 67.6 cm³/mol. The topological polar surface area (TPSA) is 53.1 Å². The molecule has 0 bridgehead atoms. The Kier molecular flexibility index (Phi) is 3.85. The lowest BCUT2D eigenvalue weighted by atomic mass is 9.84. The SMILES string of the molecule is CC1CCCC(N2CCC(C(=N)N)CC2)C1. The zero-order valence-electron chi connectivity index (χ0n) is 10.4. The van der Waals surface area contributed by atoms with Crippen molar-refractivity contribution in [1.82, 2.24) is 4.90 Å². The average Bonchev–Trinajstić information content (AvgIpc) is 2.29. The van der Waals surface area contributed by atoms with Crippen molar-refractivity contribution in [2.45, 2.75) is 51.5 Å². The zero-order valence-corrected chi connectivity index (χ0v) is 10.4. The molecular formula is C13H25N3. The molecule has 0 aromatic heterocycles. The van der Waals surface area contributed by atoms with Crippen LogP contribution in [-0.4, -0.2) is 29.9 Å². The number of nitrogens with two attached hydrogens (primary N) is 1. The minimum atomic E-state index is 0.359. The van der Waals surface area contributed by atoms with Crippen molar-refractivity contribution in [2.24, 2.45) is 17.6 Å². The number of piperidine rings is 1. The second-order valence-corrected chi connectivity index (χ2v) is 5.69. The number of hydrogen-bond donors (Lipinski definition) is 2. The standard InChI is InChI=1S/C13H25N3/c1-10-3-2-4-12(9-10)16-7-5-11(6-8-16)13(14)15/h10-12H,2-9H2,1H3,(H3,14,15). The van der Waals surface area contributed by atoms with E-state index in [9.17, 15) is 0 Å². The first-order valence-electron chi connectivity index (χ1n) is 6.74. The molecule has 2 fully saturated rings. The summed E-state index contributed by atoms with van der Waals surface area (Å²) in [5.74, 6) is 1.67. The van der Waals surface area contributed by atoms with Crippen molar-refractivity contribution in [3.05, 3.63) is 0 Å². The van der Waals surface area contributed by atoms with Gasteiger partial charge in [-0.1, -0.05) is 19.8 Å². The molecule has 0 spiro atoms. The highest BCUT2D eigenvalue weighted by molar-refractivity contribution is 5.79. The molecule has 0 aromatic carbocycles. The normalized spacial score (nSPS) is 33.8. The van der Waals surface area contributed by atoms with Gasteiger partial charge in [0.25, 0.3) is 0 Å². The molecule has 16 heavy (non-hydrogen) atoms. The molecule has 3 nitrogen and oxygen atoms in total. The fourth-order valence-electron chi connectivity index (χ4n) is 3.31. The molecule has 2 rings (SSSR count). The highest BCUT2D eigenvalue weighted by Crippen LogP contribution is 2.30. The Bertz CT molecular complexity index is 244. The van der Waals surface area contributed by atoms with E-state index in [0.717, 1.165) is 37.9 Å². The van der Waals surface area contributed by atoms with Crippen LogP contribution in [0.15, 0.2) is 0 Å². The van der Waals surface area contributed by atoms with Gasteiger partial charge in [-0.3, -0.25) is 5.41 Å². The van der Waals surface area contributed by atoms with Crippen molar-refractivity contribution in [1.29, 1.82) is 5.41 Å². The van der Waals surface area contributed by atoms with Crippen molar-refractivity contribution in [3.8, 4) is 0 Å². The summed E-state index contributed by atoms with van der Waals surface area (Å²) in [5.41, 5.74) is 5.58. The van der Waals surface area contributed by atoms with E-state index in [-0.39, 0.29) is 0 Å². The Morgan fingerprint density at radius 3 is 2.44 bits per heavy atom. The number of hydrogen-bond acceptors (Lipinski definition) is 2. The van der Waals surface area contributed by atoms with Crippen molar-refractivity contribution < 1.29 is 0 Å². The fraction of sp³-hybridized carbons (Fsp3) is 0.923. The summed E-state index contributed by atoms with van der Waals surface area (Å²) < 4.78 is 0. The van der Waals surface area contributed by atoms with Crippen LogP contribution in [0, 0.1) is 17.2 Å².